The number of carbonyl (C=O) groups excluding carboxylic acids is 1. The van der Waals surface area contributed by atoms with Gasteiger partial charge >= 0.3 is 5.97 Å². The van der Waals surface area contributed by atoms with Gasteiger partial charge in [-0.25, -0.2) is 0 Å². The topological polar surface area (TPSA) is 75.6 Å². The maximum Gasteiger partial charge on any atom is 0.303 e. The van der Waals surface area contributed by atoms with Crippen molar-refractivity contribution in [3.8, 4) is 11.5 Å². The summed E-state index contributed by atoms with van der Waals surface area (Å²) in [5.41, 5.74) is 2.24. The number of benzene rings is 2. The molecule has 0 saturated carbocycles. The van der Waals surface area contributed by atoms with Gasteiger partial charge in [-0.2, -0.15) is 0 Å². The molecule has 2 aromatic carbocycles. The van der Waals surface area contributed by atoms with Crippen molar-refractivity contribution in [1.29, 1.82) is 0 Å². The summed E-state index contributed by atoms with van der Waals surface area (Å²) >= 11 is 0. The molecule has 0 aliphatic rings. The van der Waals surface area contributed by atoms with Gasteiger partial charge in [0, 0.05) is 13.0 Å². The van der Waals surface area contributed by atoms with Gasteiger partial charge in [0.1, 0.15) is 11.5 Å². The van der Waals surface area contributed by atoms with Crippen LogP contribution in [0.2, 0.25) is 0 Å². The zero-order chi connectivity index (χ0) is 18.9. The first kappa shape index (κ1) is 19.5. The first-order chi connectivity index (χ1) is 12.5. The molecule has 0 saturated heterocycles. The highest BCUT2D eigenvalue weighted by molar-refractivity contribution is 5.80. The number of nitrogens with one attached hydrogen (secondary N) is 1. The number of amides is 1. The molecule has 0 heterocycles. The van der Waals surface area contributed by atoms with Crippen molar-refractivity contribution < 1.29 is 19.4 Å². The largest absolute Gasteiger partial charge is 0.481 e. The van der Waals surface area contributed by atoms with Crippen LogP contribution in [-0.4, -0.2) is 23.5 Å². The first-order valence-corrected chi connectivity index (χ1v) is 8.80. The molecule has 26 heavy (non-hydrogen) atoms. The summed E-state index contributed by atoms with van der Waals surface area (Å²) < 4.78 is 6.00. The fraction of sp³-hybridized carbons (Fsp3) is 0.333. The van der Waals surface area contributed by atoms with E-state index in [9.17, 15) is 9.59 Å². The molecule has 0 bridgehead atoms. The van der Waals surface area contributed by atoms with Crippen LogP contribution >= 0.6 is 0 Å². The van der Waals surface area contributed by atoms with Crippen LogP contribution in [0.15, 0.2) is 48.5 Å². The van der Waals surface area contributed by atoms with E-state index in [4.69, 9.17) is 9.84 Å². The van der Waals surface area contributed by atoms with Crippen molar-refractivity contribution >= 4 is 11.9 Å². The molecule has 5 heteroatoms. The molecule has 1 amide bonds. The van der Waals surface area contributed by atoms with Crippen LogP contribution in [0.3, 0.4) is 0 Å². The molecule has 2 aromatic rings. The van der Waals surface area contributed by atoms with Crippen molar-refractivity contribution in [2.75, 3.05) is 6.54 Å². The molecule has 138 valence electrons. The van der Waals surface area contributed by atoms with Gasteiger partial charge in [0.2, 0.25) is 5.91 Å². The fourth-order valence-corrected chi connectivity index (χ4v) is 2.56. The summed E-state index contributed by atoms with van der Waals surface area (Å²) in [7, 11) is 0. The van der Waals surface area contributed by atoms with Crippen LogP contribution < -0.4 is 10.1 Å². The van der Waals surface area contributed by atoms with Gasteiger partial charge in [-0.3, -0.25) is 9.59 Å². The standard InChI is InChI=1S/C21H25NO4/c1-15(2)18-5-3-4-6-19(18)26-17-9-7-16(8-10-17)13-14-22-20(23)11-12-21(24)25/h3-10,15H,11-14H2,1-2H3,(H,22,23)(H,24,25). The summed E-state index contributed by atoms with van der Waals surface area (Å²) in [5.74, 6) is 0.816. The van der Waals surface area contributed by atoms with Gasteiger partial charge in [0.05, 0.1) is 6.42 Å². The van der Waals surface area contributed by atoms with E-state index < -0.39 is 5.97 Å². The number of carbonyl (C=O) groups is 2. The average molecular weight is 355 g/mol. The quantitative estimate of drug-likeness (QED) is 0.709. The molecule has 0 aliphatic carbocycles. The Kier molecular flexibility index (Phi) is 7.21. The van der Waals surface area contributed by atoms with Crippen molar-refractivity contribution in [3.05, 3.63) is 59.7 Å². The first-order valence-electron chi connectivity index (χ1n) is 8.80. The number of para-hydroxylation sites is 1. The highest BCUT2D eigenvalue weighted by Gasteiger charge is 2.08. The maximum atomic E-state index is 11.5. The van der Waals surface area contributed by atoms with Gasteiger partial charge in [-0.15, -0.1) is 0 Å². The highest BCUT2D eigenvalue weighted by Crippen LogP contribution is 2.30. The van der Waals surface area contributed by atoms with Gasteiger partial charge in [0.25, 0.3) is 0 Å². The molecule has 0 aliphatic heterocycles. The number of rotatable bonds is 9. The third kappa shape index (κ3) is 6.24. The maximum absolute atomic E-state index is 11.5. The lowest BCUT2D eigenvalue weighted by atomic mass is 10.0. The molecular formula is C21H25NO4. The van der Waals surface area contributed by atoms with Crippen LogP contribution in [-0.2, 0) is 16.0 Å². The minimum atomic E-state index is -0.963. The Morgan fingerprint density at radius 3 is 2.38 bits per heavy atom. The van der Waals surface area contributed by atoms with E-state index in [0.717, 1.165) is 17.1 Å². The summed E-state index contributed by atoms with van der Waals surface area (Å²) in [5, 5.41) is 11.3. The Bertz CT molecular complexity index is 738. The van der Waals surface area contributed by atoms with E-state index in [2.05, 4.69) is 25.2 Å². The van der Waals surface area contributed by atoms with Crippen LogP contribution in [0.1, 0.15) is 43.7 Å². The number of ether oxygens (including phenoxy) is 1. The summed E-state index contributed by atoms with van der Waals surface area (Å²) in [4.78, 5) is 21.9. The van der Waals surface area contributed by atoms with Gasteiger partial charge < -0.3 is 15.2 Å². The Hall–Kier alpha value is -2.82. The second kappa shape index (κ2) is 9.61. The number of hydrogen-bond donors (Lipinski definition) is 2. The lowest BCUT2D eigenvalue weighted by Crippen LogP contribution is -2.25. The zero-order valence-corrected chi connectivity index (χ0v) is 15.2. The molecule has 0 spiro atoms. The molecule has 5 nitrogen and oxygen atoms in total. The zero-order valence-electron chi connectivity index (χ0n) is 15.2. The molecule has 0 atom stereocenters. The normalized spacial score (nSPS) is 10.6. The van der Waals surface area contributed by atoms with Crippen molar-refractivity contribution in [3.63, 3.8) is 0 Å². The van der Waals surface area contributed by atoms with E-state index in [1.54, 1.807) is 0 Å². The van der Waals surface area contributed by atoms with Gasteiger partial charge in [-0.1, -0.05) is 44.2 Å². The molecule has 0 fully saturated rings. The average Bonchev–Trinajstić information content (AvgIpc) is 2.62. The van der Waals surface area contributed by atoms with E-state index in [1.807, 2.05) is 42.5 Å². The Labute approximate surface area is 154 Å². The molecule has 2 N–H and O–H groups in total. The van der Waals surface area contributed by atoms with Gasteiger partial charge in [-0.05, 0) is 41.7 Å². The smallest absolute Gasteiger partial charge is 0.303 e. The van der Waals surface area contributed by atoms with Crippen LogP contribution in [0, 0.1) is 0 Å². The summed E-state index contributed by atoms with van der Waals surface area (Å²) in [6, 6.07) is 15.8. The van der Waals surface area contributed by atoms with Crippen molar-refractivity contribution in [1.82, 2.24) is 5.32 Å². The Morgan fingerprint density at radius 2 is 1.73 bits per heavy atom. The predicted molar refractivity (Wildman–Crippen MR) is 101 cm³/mol. The van der Waals surface area contributed by atoms with E-state index in [1.165, 1.54) is 5.56 Å². The number of aliphatic carboxylic acids is 1. The summed E-state index contributed by atoms with van der Waals surface area (Å²) in [6.07, 6.45) is 0.550. The van der Waals surface area contributed by atoms with Crippen LogP contribution in [0.5, 0.6) is 11.5 Å². The van der Waals surface area contributed by atoms with Crippen LogP contribution in [0.4, 0.5) is 0 Å². The van der Waals surface area contributed by atoms with Crippen LogP contribution in [0.25, 0.3) is 0 Å². The second-order valence-electron chi connectivity index (χ2n) is 6.43. The molecule has 0 aromatic heterocycles. The molecule has 0 unspecified atom stereocenters. The number of hydrogen-bond acceptors (Lipinski definition) is 3. The van der Waals surface area contributed by atoms with E-state index in [0.29, 0.717) is 18.9 Å². The van der Waals surface area contributed by atoms with E-state index >= 15 is 0 Å². The third-order valence-electron chi connectivity index (χ3n) is 3.99. The fourth-order valence-electron chi connectivity index (χ4n) is 2.56. The van der Waals surface area contributed by atoms with Crippen molar-refractivity contribution in [2.24, 2.45) is 0 Å². The molecular weight excluding hydrogens is 330 g/mol. The molecule has 2 rings (SSSR count). The second-order valence-corrected chi connectivity index (χ2v) is 6.43. The highest BCUT2D eigenvalue weighted by atomic mass is 16.5. The van der Waals surface area contributed by atoms with E-state index in [-0.39, 0.29) is 18.7 Å². The lowest BCUT2D eigenvalue weighted by Gasteiger charge is -2.13. The molecule has 0 radical (unpaired) electrons. The monoisotopic (exact) mass is 355 g/mol. The third-order valence-corrected chi connectivity index (χ3v) is 3.99. The number of carboxylic acid groups (broad SMARTS) is 1. The Balaban J connectivity index is 1.85. The lowest BCUT2D eigenvalue weighted by molar-refractivity contribution is -0.138. The Morgan fingerprint density at radius 1 is 1.04 bits per heavy atom. The number of carboxylic acids is 1. The minimum Gasteiger partial charge on any atom is -0.481 e. The predicted octanol–water partition coefficient (Wildman–Crippen LogP) is 4.13. The minimum absolute atomic E-state index is 0.0113. The summed E-state index contributed by atoms with van der Waals surface area (Å²) in [6.45, 7) is 4.75. The van der Waals surface area contributed by atoms with Crippen molar-refractivity contribution in [2.45, 2.75) is 39.0 Å². The SMILES string of the molecule is CC(C)c1ccccc1Oc1ccc(CCNC(=O)CCC(=O)O)cc1. The van der Waals surface area contributed by atoms with Gasteiger partial charge in [0.15, 0.2) is 0 Å².